The van der Waals surface area contributed by atoms with Crippen LogP contribution in [0.15, 0.2) is 35.6 Å². The van der Waals surface area contributed by atoms with Gasteiger partial charge in [-0.05, 0) is 18.7 Å². The Balaban J connectivity index is 2.87. The van der Waals surface area contributed by atoms with Crippen molar-refractivity contribution in [3.63, 3.8) is 0 Å². The maximum Gasteiger partial charge on any atom is 0.0400 e. The first kappa shape index (κ1) is 25.1. The fraction of sp³-hybridized carbons (Fsp3) is 0.684. The van der Waals surface area contributed by atoms with Gasteiger partial charge in [-0.15, -0.1) is 0 Å². The standard InChI is InChI=1S/C19H42N10/c1-17(11-24-2)12-27-5-7-28(15-18(20)13-25(3)22)9-10-29(8-6-27)16-19(21)14-26(4)23/h11,13-14,24H,5-10,12,15-16,20-23H2,1-4H3/b17-11+,18-13-,19-14-. The molecule has 1 rings (SSSR count). The molecule has 0 spiro atoms. The summed E-state index contributed by atoms with van der Waals surface area (Å²) in [5.41, 5.74) is 15.1. The minimum atomic E-state index is 0.686. The van der Waals surface area contributed by atoms with Gasteiger partial charge in [-0.1, -0.05) is 0 Å². The number of nitrogens with zero attached hydrogens (tertiary/aromatic N) is 5. The number of hydrazine groups is 2. The Morgan fingerprint density at radius 1 is 0.793 bits per heavy atom. The van der Waals surface area contributed by atoms with Gasteiger partial charge < -0.3 is 26.8 Å². The fourth-order valence-corrected chi connectivity index (χ4v) is 3.42. The highest BCUT2D eigenvalue weighted by atomic mass is 15.4. The zero-order valence-electron chi connectivity index (χ0n) is 18.6. The van der Waals surface area contributed by atoms with Gasteiger partial charge in [-0.3, -0.25) is 14.7 Å². The first-order valence-electron chi connectivity index (χ1n) is 10.1. The van der Waals surface area contributed by atoms with Crippen LogP contribution < -0.4 is 28.5 Å². The van der Waals surface area contributed by atoms with Gasteiger partial charge >= 0.3 is 0 Å². The van der Waals surface area contributed by atoms with E-state index < -0.39 is 0 Å². The average Bonchev–Trinajstić information content (AvgIpc) is 2.67. The monoisotopic (exact) mass is 410 g/mol. The molecule has 10 heteroatoms. The SMILES string of the molecule is CN/C=C(\C)CN1CCN(C/C(N)=C/N(C)N)CCN(C/C(N)=C/N(C)N)CC1. The van der Waals surface area contributed by atoms with Gasteiger partial charge in [0, 0.05) is 104 Å². The van der Waals surface area contributed by atoms with Crippen molar-refractivity contribution >= 4 is 0 Å². The number of nitrogens with two attached hydrogens (primary N) is 4. The molecule has 1 saturated heterocycles. The molecule has 0 amide bonds. The van der Waals surface area contributed by atoms with Crippen LogP contribution in [0.25, 0.3) is 0 Å². The highest BCUT2D eigenvalue weighted by Gasteiger charge is 2.17. The Labute approximate surface area is 176 Å². The summed E-state index contributed by atoms with van der Waals surface area (Å²) in [5.74, 6) is 11.4. The predicted molar refractivity (Wildman–Crippen MR) is 121 cm³/mol. The molecule has 168 valence electrons. The summed E-state index contributed by atoms with van der Waals surface area (Å²) in [7, 11) is 5.48. The second kappa shape index (κ2) is 13.3. The third kappa shape index (κ3) is 11.6. The van der Waals surface area contributed by atoms with Crippen LogP contribution in [0.2, 0.25) is 0 Å². The third-order valence-electron chi connectivity index (χ3n) is 4.61. The van der Waals surface area contributed by atoms with Gasteiger partial charge in [0.05, 0.1) is 0 Å². The van der Waals surface area contributed by atoms with E-state index in [-0.39, 0.29) is 0 Å². The van der Waals surface area contributed by atoms with Gasteiger partial charge in [0.2, 0.25) is 0 Å². The lowest BCUT2D eigenvalue weighted by Crippen LogP contribution is -2.39. The van der Waals surface area contributed by atoms with Gasteiger partial charge in [0.1, 0.15) is 0 Å². The van der Waals surface area contributed by atoms with Crippen LogP contribution in [0.3, 0.4) is 0 Å². The molecule has 0 aromatic carbocycles. The molecule has 0 bridgehead atoms. The van der Waals surface area contributed by atoms with Crippen molar-refractivity contribution < 1.29 is 0 Å². The van der Waals surface area contributed by atoms with E-state index in [1.54, 1.807) is 26.5 Å². The molecule has 29 heavy (non-hydrogen) atoms. The molecular formula is C19H42N10. The molecule has 1 fully saturated rings. The molecule has 1 heterocycles. The van der Waals surface area contributed by atoms with Crippen LogP contribution in [0.1, 0.15) is 6.92 Å². The summed E-state index contributed by atoms with van der Waals surface area (Å²) in [5, 5.41) is 6.09. The maximum atomic E-state index is 6.16. The molecule has 10 nitrogen and oxygen atoms in total. The highest BCUT2D eigenvalue weighted by molar-refractivity contribution is 5.01. The molecule has 0 saturated carbocycles. The van der Waals surface area contributed by atoms with E-state index >= 15 is 0 Å². The summed E-state index contributed by atoms with van der Waals surface area (Å²) in [6, 6.07) is 0. The predicted octanol–water partition coefficient (Wildman–Crippen LogP) is -1.76. The minimum absolute atomic E-state index is 0.686. The van der Waals surface area contributed by atoms with Gasteiger partial charge in [-0.2, -0.15) is 0 Å². The van der Waals surface area contributed by atoms with E-state index in [0.717, 1.165) is 57.2 Å². The summed E-state index contributed by atoms with van der Waals surface area (Å²) in [6.07, 6.45) is 5.58. The lowest BCUT2D eigenvalue weighted by Gasteiger charge is -2.26. The second-order valence-corrected chi connectivity index (χ2v) is 7.85. The van der Waals surface area contributed by atoms with Gasteiger partial charge in [0.15, 0.2) is 0 Å². The van der Waals surface area contributed by atoms with E-state index in [4.69, 9.17) is 23.2 Å². The maximum absolute atomic E-state index is 6.16. The summed E-state index contributed by atoms with van der Waals surface area (Å²) in [6.45, 7) is 10.1. The number of rotatable bonds is 9. The number of nitrogens with one attached hydrogen (secondary N) is 1. The lowest BCUT2D eigenvalue weighted by molar-refractivity contribution is 0.237. The van der Waals surface area contributed by atoms with E-state index in [0.29, 0.717) is 13.1 Å². The van der Waals surface area contributed by atoms with E-state index in [1.165, 1.54) is 15.6 Å². The van der Waals surface area contributed by atoms with Crippen LogP contribution in [0.5, 0.6) is 0 Å². The summed E-state index contributed by atoms with van der Waals surface area (Å²) in [4.78, 5) is 7.21. The molecule has 0 unspecified atom stereocenters. The average molecular weight is 411 g/mol. The van der Waals surface area contributed by atoms with Crippen LogP contribution >= 0.6 is 0 Å². The Bertz CT molecular complexity index is 517. The first-order valence-corrected chi connectivity index (χ1v) is 10.1. The van der Waals surface area contributed by atoms with Crippen molar-refractivity contribution in [2.75, 3.05) is 80.0 Å². The van der Waals surface area contributed by atoms with E-state index in [2.05, 4.69) is 33.1 Å². The molecule has 0 atom stereocenters. The van der Waals surface area contributed by atoms with E-state index in [1.807, 2.05) is 7.05 Å². The van der Waals surface area contributed by atoms with Crippen LogP contribution in [-0.2, 0) is 0 Å². The van der Waals surface area contributed by atoms with Gasteiger partial charge in [-0.25, -0.2) is 11.7 Å². The molecule has 0 aromatic heterocycles. The summed E-state index contributed by atoms with van der Waals surface area (Å²) < 4.78 is 0. The molecule has 1 aliphatic heterocycles. The molecule has 1 aliphatic rings. The van der Waals surface area contributed by atoms with Crippen molar-refractivity contribution in [3.8, 4) is 0 Å². The topological polar surface area (TPSA) is 132 Å². The van der Waals surface area contributed by atoms with Crippen molar-refractivity contribution in [1.82, 2.24) is 30.0 Å². The molecule has 0 radical (unpaired) electrons. The Kier molecular flexibility index (Phi) is 11.5. The molecule has 0 aromatic rings. The second-order valence-electron chi connectivity index (χ2n) is 7.85. The van der Waals surface area contributed by atoms with Crippen molar-refractivity contribution in [1.29, 1.82) is 0 Å². The van der Waals surface area contributed by atoms with Gasteiger partial charge in [0.25, 0.3) is 0 Å². The largest absolute Gasteiger partial charge is 0.400 e. The number of hydrogen-bond acceptors (Lipinski definition) is 10. The highest BCUT2D eigenvalue weighted by Crippen LogP contribution is 2.06. The molecule has 0 aliphatic carbocycles. The van der Waals surface area contributed by atoms with Crippen molar-refractivity contribution in [2.24, 2.45) is 23.2 Å². The van der Waals surface area contributed by atoms with E-state index in [9.17, 15) is 0 Å². The molecular weight excluding hydrogens is 368 g/mol. The molecule has 9 N–H and O–H groups in total. The quantitative estimate of drug-likeness (QED) is 0.220. The minimum Gasteiger partial charge on any atom is -0.400 e. The van der Waals surface area contributed by atoms with Crippen LogP contribution in [0, 0.1) is 0 Å². The lowest BCUT2D eigenvalue weighted by atomic mass is 10.3. The van der Waals surface area contributed by atoms with Crippen molar-refractivity contribution in [2.45, 2.75) is 6.92 Å². The number of hydrogen-bond donors (Lipinski definition) is 5. The third-order valence-corrected chi connectivity index (χ3v) is 4.61. The first-order chi connectivity index (χ1) is 13.7. The smallest absolute Gasteiger partial charge is 0.0400 e. The van der Waals surface area contributed by atoms with Crippen molar-refractivity contribution in [3.05, 3.63) is 35.6 Å². The Morgan fingerprint density at radius 2 is 1.14 bits per heavy atom. The fourth-order valence-electron chi connectivity index (χ4n) is 3.42. The zero-order chi connectivity index (χ0) is 21.8. The normalized spacial score (nSPS) is 19.4. The Hall–Kier alpha value is -1.98. The van der Waals surface area contributed by atoms with Crippen LogP contribution in [-0.4, -0.2) is 105 Å². The van der Waals surface area contributed by atoms with Crippen LogP contribution in [0.4, 0.5) is 0 Å². The zero-order valence-corrected chi connectivity index (χ0v) is 18.6. The summed E-state index contributed by atoms with van der Waals surface area (Å²) >= 11 is 0. The Morgan fingerprint density at radius 3 is 1.45 bits per heavy atom.